The van der Waals surface area contributed by atoms with Crippen LogP contribution in [-0.4, -0.2) is 23.2 Å². The van der Waals surface area contributed by atoms with Crippen LogP contribution in [0, 0.1) is 0 Å². The Kier molecular flexibility index (Phi) is 7.34. The number of phenolic OH excluding ortho intramolecular Hbond substituents is 1. The lowest BCUT2D eigenvalue weighted by Crippen LogP contribution is -2.19. The number of aliphatic carboxylic acids is 1. The Morgan fingerprint density at radius 3 is 2.53 bits per heavy atom. The average molecular weight is 260 g/mol. The molecule has 0 amide bonds. The fourth-order valence-electron chi connectivity index (χ4n) is 1.35. The zero-order valence-electron chi connectivity index (χ0n) is 10.2. The molecule has 17 heavy (non-hydrogen) atoms. The summed E-state index contributed by atoms with van der Waals surface area (Å²) in [5.74, 6) is -0.895. The predicted molar refractivity (Wildman–Crippen MR) is 68.5 cm³/mol. The van der Waals surface area contributed by atoms with E-state index in [0.29, 0.717) is 10.6 Å². The molecule has 0 spiro atoms. The first-order valence-corrected chi connectivity index (χ1v) is 5.80. The van der Waals surface area contributed by atoms with Gasteiger partial charge in [0.25, 0.3) is 0 Å². The van der Waals surface area contributed by atoms with Gasteiger partial charge in [-0.15, -0.1) is 0 Å². The van der Waals surface area contributed by atoms with Gasteiger partial charge in [0.2, 0.25) is 0 Å². The molecule has 0 radical (unpaired) electrons. The van der Waals surface area contributed by atoms with Crippen LogP contribution in [0.15, 0.2) is 18.2 Å². The number of hydrogen-bond acceptors (Lipinski definition) is 3. The number of carbonyl (C=O) groups is 1. The van der Waals surface area contributed by atoms with E-state index in [1.165, 1.54) is 6.07 Å². The molecule has 3 N–H and O–H groups in total. The van der Waals surface area contributed by atoms with Gasteiger partial charge in [0.1, 0.15) is 5.75 Å². The van der Waals surface area contributed by atoms with Crippen molar-refractivity contribution < 1.29 is 15.0 Å². The lowest BCUT2D eigenvalue weighted by Gasteiger charge is -2.15. The van der Waals surface area contributed by atoms with Crippen molar-refractivity contribution in [1.82, 2.24) is 5.32 Å². The number of aromatic hydroxyl groups is 1. The van der Waals surface area contributed by atoms with Gasteiger partial charge in [0, 0.05) is 16.6 Å². The highest BCUT2D eigenvalue weighted by Crippen LogP contribution is 2.28. The molecular weight excluding hydrogens is 242 g/mol. The van der Waals surface area contributed by atoms with Crippen molar-refractivity contribution in [1.29, 1.82) is 0 Å². The molecule has 0 saturated heterocycles. The maximum absolute atomic E-state index is 10.6. The number of hydrogen-bond donors (Lipinski definition) is 3. The average Bonchev–Trinajstić information content (AvgIpc) is 2.32. The maximum Gasteiger partial charge on any atom is 0.305 e. The second kappa shape index (κ2) is 7.92. The molecule has 1 aromatic carbocycles. The van der Waals surface area contributed by atoms with Gasteiger partial charge in [0.15, 0.2) is 0 Å². The normalized spacial score (nSPS) is 11.3. The third kappa shape index (κ3) is 5.06. The van der Waals surface area contributed by atoms with Crippen molar-refractivity contribution >= 4 is 17.6 Å². The Hall–Kier alpha value is -1.26. The molecule has 1 unspecified atom stereocenters. The van der Waals surface area contributed by atoms with E-state index in [1.54, 1.807) is 19.2 Å². The number of rotatable bonds is 4. The summed E-state index contributed by atoms with van der Waals surface area (Å²) in [5.41, 5.74) is 0.493. The van der Waals surface area contributed by atoms with Crippen molar-refractivity contribution in [2.45, 2.75) is 26.3 Å². The Balaban J connectivity index is 0.00000121. The van der Waals surface area contributed by atoms with E-state index in [1.807, 2.05) is 13.8 Å². The summed E-state index contributed by atoms with van der Waals surface area (Å²) in [6.07, 6.45) is -0.107. The van der Waals surface area contributed by atoms with Crippen LogP contribution < -0.4 is 5.32 Å². The van der Waals surface area contributed by atoms with Crippen LogP contribution in [0.2, 0.25) is 5.02 Å². The lowest BCUT2D eigenvalue weighted by atomic mass is 10.0. The molecule has 1 rings (SSSR count). The van der Waals surface area contributed by atoms with Crippen LogP contribution in [0.25, 0.3) is 0 Å². The van der Waals surface area contributed by atoms with Crippen LogP contribution in [0.1, 0.15) is 31.9 Å². The topological polar surface area (TPSA) is 69.6 Å². The molecule has 0 fully saturated rings. The molecule has 0 aliphatic carbocycles. The zero-order valence-corrected chi connectivity index (χ0v) is 11.0. The quantitative estimate of drug-likeness (QED) is 0.778. The van der Waals surface area contributed by atoms with Crippen LogP contribution in [-0.2, 0) is 4.79 Å². The smallest absolute Gasteiger partial charge is 0.305 e. The van der Waals surface area contributed by atoms with Gasteiger partial charge >= 0.3 is 5.97 Å². The van der Waals surface area contributed by atoms with Crippen molar-refractivity contribution in [2.75, 3.05) is 7.05 Å². The summed E-state index contributed by atoms with van der Waals surface area (Å²) in [4.78, 5) is 10.6. The summed E-state index contributed by atoms with van der Waals surface area (Å²) in [6.45, 7) is 4.00. The fourth-order valence-corrected chi connectivity index (χ4v) is 1.53. The summed E-state index contributed by atoms with van der Waals surface area (Å²) >= 11 is 5.77. The molecule has 0 aliphatic rings. The first-order valence-electron chi connectivity index (χ1n) is 5.42. The Morgan fingerprint density at radius 1 is 1.47 bits per heavy atom. The number of benzene rings is 1. The first-order chi connectivity index (χ1) is 8.04. The molecule has 5 heteroatoms. The van der Waals surface area contributed by atoms with Crippen LogP contribution in [0.5, 0.6) is 5.75 Å². The van der Waals surface area contributed by atoms with E-state index in [9.17, 15) is 9.90 Å². The third-order valence-corrected chi connectivity index (χ3v) is 2.33. The molecule has 1 aromatic rings. The van der Waals surface area contributed by atoms with Gasteiger partial charge in [-0.25, -0.2) is 0 Å². The first kappa shape index (κ1) is 15.7. The Morgan fingerprint density at radius 2 is 2.06 bits per heavy atom. The fraction of sp³-hybridized carbons (Fsp3) is 0.417. The third-order valence-electron chi connectivity index (χ3n) is 2.09. The van der Waals surface area contributed by atoms with Crippen molar-refractivity contribution in [3.05, 3.63) is 28.8 Å². The van der Waals surface area contributed by atoms with E-state index >= 15 is 0 Å². The standard InChI is InChI=1S/C10H12ClNO3.C2H6/c1-12-8(5-10(14)15)7-4-6(11)2-3-9(7)13;1-2/h2-4,8,12-13H,5H2,1H3,(H,14,15);1-2H3. The molecule has 4 nitrogen and oxygen atoms in total. The minimum absolute atomic E-state index is 0.0417. The molecule has 0 aliphatic heterocycles. The summed E-state index contributed by atoms with van der Waals surface area (Å²) < 4.78 is 0. The van der Waals surface area contributed by atoms with Crippen molar-refractivity contribution in [3.63, 3.8) is 0 Å². The second-order valence-corrected chi connectivity index (χ2v) is 3.58. The van der Waals surface area contributed by atoms with E-state index in [-0.39, 0.29) is 12.2 Å². The zero-order chi connectivity index (χ0) is 13.4. The van der Waals surface area contributed by atoms with Gasteiger partial charge in [-0.1, -0.05) is 25.4 Å². The maximum atomic E-state index is 10.6. The highest BCUT2D eigenvalue weighted by Gasteiger charge is 2.17. The molecule has 0 saturated carbocycles. The van der Waals surface area contributed by atoms with E-state index in [0.717, 1.165) is 0 Å². The van der Waals surface area contributed by atoms with Gasteiger partial charge in [0.05, 0.1) is 6.42 Å². The predicted octanol–water partition coefficient (Wildman–Crippen LogP) is 2.81. The summed E-state index contributed by atoms with van der Waals surface area (Å²) in [7, 11) is 1.63. The largest absolute Gasteiger partial charge is 0.508 e. The van der Waals surface area contributed by atoms with Gasteiger partial charge in [-0.3, -0.25) is 4.79 Å². The minimum Gasteiger partial charge on any atom is -0.508 e. The van der Waals surface area contributed by atoms with Gasteiger partial charge in [-0.05, 0) is 25.2 Å². The highest BCUT2D eigenvalue weighted by molar-refractivity contribution is 6.30. The van der Waals surface area contributed by atoms with E-state index < -0.39 is 12.0 Å². The van der Waals surface area contributed by atoms with Gasteiger partial charge in [-0.2, -0.15) is 0 Å². The molecule has 0 bridgehead atoms. The number of phenols is 1. The Bertz CT molecular complexity index is 369. The summed E-state index contributed by atoms with van der Waals surface area (Å²) in [6, 6.07) is 4.11. The monoisotopic (exact) mass is 259 g/mol. The minimum atomic E-state index is -0.936. The van der Waals surface area contributed by atoms with E-state index in [4.69, 9.17) is 16.7 Å². The molecule has 1 atom stereocenters. The van der Waals surface area contributed by atoms with E-state index in [2.05, 4.69) is 5.32 Å². The van der Waals surface area contributed by atoms with Crippen LogP contribution in [0.4, 0.5) is 0 Å². The SMILES string of the molecule is CC.CNC(CC(=O)O)c1cc(Cl)ccc1O. The van der Waals surface area contributed by atoms with Crippen molar-refractivity contribution in [3.8, 4) is 5.75 Å². The molecule has 0 aromatic heterocycles. The molecule has 96 valence electrons. The molecular formula is C12H18ClNO3. The second-order valence-electron chi connectivity index (χ2n) is 3.14. The lowest BCUT2D eigenvalue weighted by molar-refractivity contribution is -0.137. The highest BCUT2D eigenvalue weighted by atomic mass is 35.5. The number of halogens is 1. The van der Waals surface area contributed by atoms with Crippen LogP contribution in [0.3, 0.4) is 0 Å². The van der Waals surface area contributed by atoms with Crippen LogP contribution >= 0.6 is 11.6 Å². The number of carboxylic acid groups (broad SMARTS) is 1. The molecule has 0 heterocycles. The number of carboxylic acids is 1. The van der Waals surface area contributed by atoms with Gasteiger partial charge < -0.3 is 15.5 Å². The summed E-state index contributed by atoms with van der Waals surface area (Å²) in [5, 5.41) is 21.5. The Labute approximate surface area is 106 Å². The van der Waals surface area contributed by atoms with Crippen molar-refractivity contribution in [2.24, 2.45) is 0 Å². The number of nitrogens with one attached hydrogen (secondary N) is 1.